The third-order valence-corrected chi connectivity index (χ3v) is 5.15. The Labute approximate surface area is 127 Å². The van der Waals surface area contributed by atoms with Gasteiger partial charge in [-0.15, -0.1) is 0 Å². The zero-order valence-electron chi connectivity index (χ0n) is 11.8. The number of nitrogens with one attached hydrogen (secondary N) is 1. The van der Waals surface area contributed by atoms with E-state index < -0.39 is 16.1 Å². The van der Waals surface area contributed by atoms with Gasteiger partial charge in [0.2, 0.25) is 5.03 Å². The van der Waals surface area contributed by atoms with E-state index in [0.29, 0.717) is 11.1 Å². The molecule has 0 radical (unpaired) electrons. The summed E-state index contributed by atoms with van der Waals surface area (Å²) in [6, 6.07) is 3.97. The first-order chi connectivity index (χ1) is 9.72. The molecule has 0 aliphatic carbocycles. The first kappa shape index (κ1) is 15.9. The number of nitrogens with zero attached hydrogens (tertiary/aromatic N) is 2. The summed E-state index contributed by atoms with van der Waals surface area (Å²) in [4.78, 5) is 3.77. The maximum Gasteiger partial charge on any atom is 0.261 e. The first-order valence-corrected chi connectivity index (χ1v) is 8.03. The predicted molar refractivity (Wildman–Crippen MR) is 78.1 cm³/mol. The van der Waals surface area contributed by atoms with Crippen LogP contribution in [-0.4, -0.2) is 18.0 Å². The van der Waals surface area contributed by atoms with Gasteiger partial charge in [0, 0.05) is 13.1 Å². The van der Waals surface area contributed by atoms with E-state index in [1.165, 1.54) is 17.0 Å². The van der Waals surface area contributed by atoms with Gasteiger partial charge in [0.15, 0.2) is 0 Å². The van der Waals surface area contributed by atoms with Gasteiger partial charge in [0.05, 0.1) is 6.33 Å². The minimum atomic E-state index is -3.88. The van der Waals surface area contributed by atoms with Gasteiger partial charge >= 0.3 is 0 Å². The number of aromatic nitrogens is 2. The van der Waals surface area contributed by atoms with Gasteiger partial charge in [-0.3, -0.25) is 0 Å². The lowest BCUT2D eigenvalue weighted by molar-refractivity contribution is 0.561. The Morgan fingerprint density at radius 3 is 2.62 bits per heavy atom. The average molecular weight is 332 g/mol. The van der Waals surface area contributed by atoms with Crippen LogP contribution < -0.4 is 4.72 Å². The summed E-state index contributed by atoms with van der Waals surface area (Å²) in [5, 5.41) is -0.226. The van der Waals surface area contributed by atoms with Gasteiger partial charge in [-0.25, -0.2) is 22.5 Å². The topological polar surface area (TPSA) is 64.0 Å². The second-order valence-electron chi connectivity index (χ2n) is 4.80. The van der Waals surface area contributed by atoms with Crippen LogP contribution in [0.2, 0.25) is 5.15 Å². The molecule has 1 unspecified atom stereocenters. The molecule has 0 saturated carbocycles. The van der Waals surface area contributed by atoms with E-state index in [1.54, 1.807) is 33.0 Å². The summed E-state index contributed by atoms with van der Waals surface area (Å²) in [7, 11) is -2.29. The highest BCUT2D eigenvalue weighted by Crippen LogP contribution is 2.22. The third-order valence-electron chi connectivity index (χ3n) is 3.12. The van der Waals surface area contributed by atoms with Gasteiger partial charge in [-0.05, 0) is 31.0 Å². The fourth-order valence-corrected chi connectivity index (χ4v) is 3.47. The van der Waals surface area contributed by atoms with Crippen LogP contribution in [-0.2, 0) is 17.1 Å². The SMILES string of the molecule is Cc1ccc(C(C)NS(=O)(=O)c2ncn(C)c2Cl)cc1F. The van der Waals surface area contributed by atoms with Crippen LogP contribution in [0.5, 0.6) is 0 Å². The van der Waals surface area contributed by atoms with E-state index >= 15 is 0 Å². The predicted octanol–water partition coefficient (Wildman–Crippen LogP) is 2.56. The van der Waals surface area contributed by atoms with Gasteiger partial charge < -0.3 is 4.57 Å². The van der Waals surface area contributed by atoms with Crippen molar-refractivity contribution in [2.75, 3.05) is 0 Å². The number of halogens is 2. The van der Waals surface area contributed by atoms with E-state index in [4.69, 9.17) is 11.6 Å². The first-order valence-electron chi connectivity index (χ1n) is 6.17. The van der Waals surface area contributed by atoms with E-state index in [9.17, 15) is 12.8 Å². The summed E-state index contributed by atoms with van der Waals surface area (Å²) in [6.07, 6.45) is 1.31. The Morgan fingerprint density at radius 2 is 2.10 bits per heavy atom. The van der Waals surface area contributed by atoms with Crippen molar-refractivity contribution in [2.45, 2.75) is 24.9 Å². The zero-order chi connectivity index (χ0) is 15.8. The van der Waals surface area contributed by atoms with Gasteiger partial charge in [0.25, 0.3) is 10.0 Å². The van der Waals surface area contributed by atoms with Crippen molar-refractivity contribution in [1.82, 2.24) is 14.3 Å². The molecule has 5 nitrogen and oxygen atoms in total. The third kappa shape index (κ3) is 3.25. The Morgan fingerprint density at radius 1 is 1.43 bits per heavy atom. The molecule has 8 heteroatoms. The molecule has 0 bridgehead atoms. The van der Waals surface area contributed by atoms with Crippen molar-refractivity contribution in [1.29, 1.82) is 0 Å². The smallest absolute Gasteiger partial charge is 0.261 e. The molecule has 21 heavy (non-hydrogen) atoms. The minimum Gasteiger partial charge on any atom is -0.324 e. The fourth-order valence-electron chi connectivity index (χ4n) is 1.81. The van der Waals surface area contributed by atoms with Crippen LogP contribution >= 0.6 is 11.6 Å². The lowest BCUT2D eigenvalue weighted by atomic mass is 10.1. The molecule has 0 amide bonds. The molecule has 0 saturated heterocycles. The summed E-state index contributed by atoms with van der Waals surface area (Å²) in [5.74, 6) is -0.380. The Bertz CT molecular complexity index is 774. The summed E-state index contributed by atoms with van der Waals surface area (Å²) < 4.78 is 41.9. The molecule has 114 valence electrons. The van der Waals surface area contributed by atoms with E-state index in [2.05, 4.69) is 9.71 Å². The number of hydrogen-bond donors (Lipinski definition) is 1. The molecule has 1 aromatic heterocycles. The summed E-state index contributed by atoms with van der Waals surface area (Å²) in [5.41, 5.74) is 1.02. The lowest BCUT2D eigenvalue weighted by Gasteiger charge is -2.14. The van der Waals surface area contributed by atoms with Crippen molar-refractivity contribution < 1.29 is 12.8 Å². The van der Waals surface area contributed by atoms with Crippen LogP contribution in [0, 0.1) is 12.7 Å². The van der Waals surface area contributed by atoms with Crippen molar-refractivity contribution in [3.63, 3.8) is 0 Å². The van der Waals surface area contributed by atoms with Gasteiger partial charge in [0.1, 0.15) is 11.0 Å². The molecular weight excluding hydrogens is 317 g/mol. The maximum absolute atomic E-state index is 13.5. The highest BCUT2D eigenvalue weighted by atomic mass is 35.5. The fraction of sp³-hybridized carbons (Fsp3) is 0.308. The van der Waals surface area contributed by atoms with Crippen LogP contribution in [0.4, 0.5) is 4.39 Å². The molecular formula is C13H15ClFN3O2S. The quantitative estimate of drug-likeness (QED) is 0.936. The second kappa shape index (κ2) is 5.75. The molecule has 1 aromatic carbocycles. The lowest BCUT2D eigenvalue weighted by Crippen LogP contribution is -2.27. The summed E-state index contributed by atoms with van der Waals surface area (Å²) >= 11 is 5.89. The van der Waals surface area contributed by atoms with Crippen LogP contribution in [0.3, 0.4) is 0 Å². The van der Waals surface area contributed by atoms with E-state index in [0.717, 1.165) is 0 Å². The average Bonchev–Trinajstić information content (AvgIpc) is 2.73. The molecule has 2 aromatic rings. The molecule has 1 heterocycles. The van der Waals surface area contributed by atoms with Crippen molar-refractivity contribution in [3.05, 3.63) is 46.6 Å². The molecule has 0 fully saturated rings. The molecule has 1 N–H and O–H groups in total. The Kier molecular flexibility index (Phi) is 4.36. The van der Waals surface area contributed by atoms with Gasteiger partial charge in [-0.1, -0.05) is 23.7 Å². The number of hydrogen-bond acceptors (Lipinski definition) is 3. The molecule has 0 aliphatic heterocycles. The highest BCUT2D eigenvalue weighted by molar-refractivity contribution is 7.89. The number of aryl methyl sites for hydroxylation is 2. The summed E-state index contributed by atoms with van der Waals surface area (Å²) in [6.45, 7) is 3.26. The zero-order valence-corrected chi connectivity index (χ0v) is 13.3. The van der Waals surface area contributed by atoms with Crippen LogP contribution in [0.15, 0.2) is 29.6 Å². The Balaban J connectivity index is 2.27. The van der Waals surface area contributed by atoms with E-state index in [1.807, 2.05) is 0 Å². The highest BCUT2D eigenvalue weighted by Gasteiger charge is 2.25. The van der Waals surface area contributed by atoms with Crippen molar-refractivity contribution >= 4 is 21.6 Å². The normalized spacial score (nSPS) is 13.4. The minimum absolute atomic E-state index is 0.0183. The second-order valence-corrected chi connectivity index (χ2v) is 6.79. The number of rotatable bonds is 4. The molecule has 1 atom stereocenters. The number of sulfonamides is 1. The standard InChI is InChI=1S/C13H15ClFN3O2S/c1-8-4-5-10(6-11(8)15)9(2)17-21(19,20)13-12(14)18(3)7-16-13/h4-7,9,17H,1-3H3. The van der Waals surface area contributed by atoms with Crippen molar-refractivity contribution in [3.8, 4) is 0 Å². The van der Waals surface area contributed by atoms with Crippen LogP contribution in [0.1, 0.15) is 24.1 Å². The van der Waals surface area contributed by atoms with Crippen LogP contribution in [0.25, 0.3) is 0 Å². The monoisotopic (exact) mass is 331 g/mol. The number of benzene rings is 1. The molecule has 2 rings (SSSR count). The van der Waals surface area contributed by atoms with Gasteiger partial charge in [-0.2, -0.15) is 0 Å². The maximum atomic E-state index is 13.5. The van der Waals surface area contributed by atoms with E-state index in [-0.39, 0.29) is 16.0 Å². The van der Waals surface area contributed by atoms with Crippen molar-refractivity contribution in [2.24, 2.45) is 7.05 Å². The molecule has 0 aliphatic rings. The Hall–Kier alpha value is -1.44. The number of imidazole rings is 1. The largest absolute Gasteiger partial charge is 0.324 e. The molecule has 0 spiro atoms.